The second kappa shape index (κ2) is 13.7. The monoisotopic (exact) mass is 432 g/mol. The van der Waals surface area contributed by atoms with Gasteiger partial charge >= 0.3 is 11.9 Å². The molecule has 0 radical (unpaired) electrons. The molecule has 0 aliphatic rings. The number of carbonyl (C=O) groups is 2. The van der Waals surface area contributed by atoms with E-state index in [4.69, 9.17) is 9.47 Å². The summed E-state index contributed by atoms with van der Waals surface area (Å²) >= 11 is -3.04. The van der Waals surface area contributed by atoms with Gasteiger partial charge in [-0.3, -0.25) is 13.8 Å². The lowest BCUT2D eigenvalue weighted by molar-refractivity contribution is -0.146. The summed E-state index contributed by atoms with van der Waals surface area (Å²) in [6.45, 7) is 3.12. The number of benzene rings is 1. The van der Waals surface area contributed by atoms with Crippen LogP contribution in [0.1, 0.15) is 52.4 Å². The average molecular weight is 433 g/mol. The Labute approximate surface area is 172 Å². The van der Waals surface area contributed by atoms with E-state index >= 15 is 0 Å². The number of carbonyl (C=O) groups excluding carboxylic acids is 2. The molecule has 0 fully saturated rings. The molecule has 0 N–H and O–H groups in total. The summed E-state index contributed by atoms with van der Waals surface area (Å²) in [7, 11) is 1.28. The van der Waals surface area contributed by atoms with Gasteiger partial charge in [0.25, 0.3) is 5.44 Å². The van der Waals surface area contributed by atoms with Crippen LogP contribution in [0.2, 0.25) is 0 Å². The van der Waals surface area contributed by atoms with Gasteiger partial charge in [-0.05, 0) is 31.9 Å². The SMILES string of the molecule is COS(=O)C(C)OC(=O)CCCCCCC(=O)OC(C)[S@@+]([O-])c1ccccc1. The van der Waals surface area contributed by atoms with E-state index in [0.717, 1.165) is 12.8 Å². The van der Waals surface area contributed by atoms with Crippen LogP contribution in [0, 0.1) is 0 Å². The molecule has 0 saturated carbocycles. The summed E-state index contributed by atoms with van der Waals surface area (Å²) < 4.78 is 38.3. The van der Waals surface area contributed by atoms with Gasteiger partial charge in [-0.2, -0.15) is 0 Å². The summed E-state index contributed by atoms with van der Waals surface area (Å²) in [5.74, 6) is -0.804. The molecule has 0 aliphatic heterocycles. The van der Waals surface area contributed by atoms with Crippen molar-refractivity contribution < 1.29 is 32.0 Å². The Morgan fingerprint density at radius 2 is 1.54 bits per heavy atom. The van der Waals surface area contributed by atoms with Crippen molar-refractivity contribution in [2.75, 3.05) is 7.11 Å². The van der Waals surface area contributed by atoms with Crippen molar-refractivity contribution in [1.29, 1.82) is 0 Å². The van der Waals surface area contributed by atoms with Crippen LogP contribution >= 0.6 is 0 Å². The van der Waals surface area contributed by atoms with E-state index in [-0.39, 0.29) is 18.8 Å². The molecule has 1 aromatic rings. The molecule has 0 saturated heterocycles. The molecule has 0 spiro atoms. The smallest absolute Gasteiger partial charge is 0.309 e. The fourth-order valence-corrected chi connectivity index (χ4v) is 3.81. The number of hydrogen-bond donors (Lipinski definition) is 0. The first-order valence-corrected chi connectivity index (χ1v) is 11.5. The molecular formula is C19H28O7S2. The van der Waals surface area contributed by atoms with Crippen LogP contribution in [0.4, 0.5) is 0 Å². The predicted molar refractivity (Wildman–Crippen MR) is 107 cm³/mol. The number of hydrogen-bond acceptors (Lipinski definition) is 7. The molecule has 0 aromatic heterocycles. The standard InChI is InChI=1S/C19H28O7S2/c1-15(27(22)17-11-7-6-8-12-17)25-18(20)13-9-4-5-10-14-19(21)26-16(2)28(23)24-3/h6-8,11-12,15-16H,4-5,9-10,13-14H2,1-3H3/t15?,16?,27-,28?/m1/s1. The molecule has 9 heteroatoms. The maximum absolute atomic E-state index is 12.3. The average Bonchev–Trinajstić information content (AvgIpc) is 2.69. The maximum atomic E-state index is 12.3. The third-order valence-corrected chi connectivity index (χ3v) is 6.22. The van der Waals surface area contributed by atoms with Gasteiger partial charge in [0, 0.05) is 30.9 Å². The van der Waals surface area contributed by atoms with Gasteiger partial charge in [0.15, 0.2) is 21.4 Å². The Morgan fingerprint density at radius 3 is 2.07 bits per heavy atom. The van der Waals surface area contributed by atoms with Gasteiger partial charge in [0.1, 0.15) is 0 Å². The minimum Gasteiger partial charge on any atom is -0.609 e. The lowest BCUT2D eigenvalue weighted by Crippen LogP contribution is -2.24. The molecule has 1 rings (SSSR count). The van der Waals surface area contributed by atoms with Crippen molar-refractivity contribution in [3.8, 4) is 0 Å². The zero-order valence-electron chi connectivity index (χ0n) is 16.5. The van der Waals surface area contributed by atoms with E-state index in [1.54, 1.807) is 31.2 Å². The van der Waals surface area contributed by atoms with Crippen LogP contribution in [-0.2, 0) is 45.5 Å². The van der Waals surface area contributed by atoms with E-state index in [1.165, 1.54) is 14.0 Å². The van der Waals surface area contributed by atoms with Crippen LogP contribution in [0.5, 0.6) is 0 Å². The quantitative estimate of drug-likeness (QED) is 0.268. The summed E-state index contributed by atoms with van der Waals surface area (Å²) in [4.78, 5) is 24.1. The molecule has 3 unspecified atom stereocenters. The Hall–Kier alpha value is -1.42. The Balaban J connectivity index is 2.13. The van der Waals surface area contributed by atoms with Crippen molar-refractivity contribution in [2.24, 2.45) is 0 Å². The Kier molecular flexibility index (Phi) is 12.1. The lowest BCUT2D eigenvalue weighted by atomic mass is 10.1. The summed E-state index contributed by atoms with van der Waals surface area (Å²) in [5, 5.41) is 0. The fraction of sp³-hybridized carbons (Fsp3) is 0.579. The minimum absolute atomic E-state index is 0.225. The lowest BCUT2D eigenvalue weighted by Gasteiger charge is -2.17. The highest BCUT2D eigenvalue weighted by Gasteiger charge is 2.23. The van der Waals surface area contributed by atoms with E-state index in [9.17, 15) is 18.4 Å². The molecule has 1 aromatic carbocycles. The third-order valence-electron chi connectivity index (χ3n) is 3.82. The Bertz CT molecular complexity index is 624. The van der Waals surface area contributed by atoms with E-state index < -0.39 is 39.1 Å². The first-order chi connectivity index (χ1) is 13.3. The largest absolute Gasteiger partial charge is 0.609 e. The second-order valence-corrected chi connectivity index (χ2v) is 9.32. The number of esters is 2. The number of rotatable bonds is 13. The normalized spacial score (nSPS) is 15.3. The van der Waals surface area contributed by atoms with Gasteiger partial charge < -0.3 is 14.0 Å². The molecule has 7 nitrogen and oxygen atoms in total. The van der Waals surface area contributed by atoms with Crippen LogP contribution in [0.3, 0.4) is 0 Å². The summed E-state index contributed by atoms with van der Waals surface area (Å²) in [6.07, 6.45) is 3.23. The molecule has 0 aliphatic carbocycles. The van der Waals surface area contributed by atoms with Crippen LogP contribution in [0.15, 0.2) is 35.2 Å². The van der Waals surface area contributed by atoms with Crippen molar-refractivity contribution in [3.05, 3.63) is 30.3 Å². The highest BCUT2D eigenvalue weighted by molar-refractivity contribution is 7.91. The molecule has 28 heavy (non-hydrogen) atoms. The molecular weight excluding hydrogens is 404 g/mol. The second-order valence-electron chi connectivity index (χ2n) is 6.07. The molecule has 158 valence electrons. The topological polar surface area (TPSA) is 102 Å². The maximum Gasteiger partial charge on any atom is 0.309 e. The number of ether oxygens (including phenoxy) is 2. The van der Waals surface area contributed by atoms with Crippen molar-refractivity contribution >= 4 is 34.2 Å². The third kappa shape index (κ3) is 9.68. The van der Waals surface area contributed by atoms with Gasteiger partial charge in [0.05, 0.1) is 7.11 Å². The van der Waals surface area contributed by atoms with Gasteiger partial charge in [-0.15, -0.1) is 0 Å². The zero-order chi connectivity index (χ0) is 20.9. The highest BCUT2D eigenvalue weighted by Crippen LogP contribution is 2.17. The summed E-state index contributed by atoms with van der Waals surface area (Å²) in [6, 6.07) is 8.88. The summed E-state index contributed by atoms with van der Waals surface area (Å²) in [5.41, 5.74) is -1.50. The highest BCUT2D eigenvalue weighted by atomic mass is 32.2. The van der Waals surface area contributed by atoms with Crippen LogP contribution in [-0.4, -0.2) is 38.7 Å². The Morgan fingerprint density at radius 1 is 1.00 bits per heavy atom. The predicted octanol–water partition coefficient (Wildman–Crippen LogP) is 3.22. The molecule has 0 heterocycles. The van der Waals surface area contributed by atoms with Gasteiger partial charge in [-0.25, -0.2) is 4.21 Å². The van der Waals surface area contributed by atoms with Gasteiger partial charge in [0.2, 0.25) is 0 Å². The molecule has 4 atom stereocenters. The molecule has 0 bridgehead atoms. The van der Waals surface area contributed by atoms with Gasteiger partial charge in [-0.1, -0.05) is 31.0 Å². The molecule has 0 amide bonds. The number of unbranched alkanes of at least 4 members (excludes halogenated alkanes) is 3. The first kappa shape index (κ1) is 24.6. The zero-order valence-corrected chi connectivity index (χ0v) is 18.1. The van der Waals surface area contributed by atoms with Crippen molar-refractivity contribution in [1.82, 2.24) is 0 Å². The van der Waals surface area contributed by atoms with Crippen LogP contribution < -0.4 is 0 Å². The van der Waals surface area contributed by atoms with Crippen molar-refractivity contribution in [2.45, 2.75) is 68.1 Å². The fourth-order valence-electron chi connectivity index (χ4n) is 2.35. The van der Waals surface area contributed by atoms with Crippen LogP contribution in [0.25, 0.3) is 0 Å². The minimum atomic E-state index is -1.65. The van der Waals surface area contributed by atoms with E-state index in [1.807, 2.05) is 6.07 Å². The van der Waals surface area contributed by atoms with E-state index in [0.29, 0.717) is 17.7 Å². The van der Waals surface area contributed by atoms with Crippen molar-refractivity contribution in [3.63, 3.8) is 0 Å². The first-order valence-electron chi connectivity index (χ1n) is 9.14. The van der Waals surface area contributed by atoms with E-state index in [2.05, 4.69) is 4.18 Å².